The summed E-state index contributed by atoms with van der Waals surface area (Å²) >= 11 is 0. The molecule has 0 aliphatic rings. The van der Waals surface area contributed by atoms with Gasteiger partial charge >= 0.3 is 10.1 Å². The Hall–Kier alpha value is -3.06. The number of carbonyl (C=O) groups excluding carboxylic acids is 1. The number of rotatable bonds is 6. The van der Waals surface area contributed by atoms with Crippen LogP contribution in [0.4, 0.5) is 0 Å². The number of hydrogen-bond acceptors (Lipinski definition) is 5. The Kier molecular flexibility index (Phi) is 5.32. The van der Waals surface area contributed by atoms with E-state index in [0.29, 0.717) is 16.9 Å². The molecule has 0 aliphatic heterocycles. The van der Waals surface area contributed by atoms with Crippen molar-refractivity contribution in [2.75, 3.05) is 0 Å². The summed E-state index contributed by atoms with van der Waals surface area (Å²) in [5, 5.41) is 2.72. The van der Waals surface area contributed by atoms with Crippen LogP contribution < -0.4 is 9.50 Å². The summed E-state index contributed by atoms with van der Waals surface area (Å²) in [6.45, 7) is 3.79. The Morgan fingerprint density at radius 1 is 1.07 bits per heavy atom. The van der Waals surface area contributed by atoms with Gasteiger partial charge in [0.1, 0.15) is 16.4 Å². The third-order valence-electron chi connectivity index (χ3n) is 3.94. The lowest BCUT2D eigenvalue weighted by atomic mass is 10.2. The van der Waals surface area contributed by atoms with Crippen molar-refractivity contribution in [3.05, 3.63) is 83.3 Å². The van der Waals surface area contributed by atoms with Crippen LogP contribution in [0.2, 0.25) is 0 Å². The van der Waals surface area contributed by atoms with Crippen molar-refractivity contribution in [1.29, 1.82) is 0 Å². The number of furan rings is 1. The molecular weight excluding hydrogens is 366 g/mol. The fourth-order valence-corrected chi connectivity index (χ4v) is 3.74. The van der Waals surface area contributed by atoms with Gasteiger partial charge in [-0.2, -0.15) is 8.42 Å². The first-order valence-electron chi connectivity index (χ1n) is 8.27. The quantitative estimate of drug-likeness (QED) is 0.656. The summed E-state index contributed by atoms with van der Waals surface area (Å²) in [4.78, 5) is 12.3. The van der Waals surface area contributed by atoms with E-state index >= 15 is 0 Å². The van der Waals surface area contributed by atoms with E-state index < -0.39 is 10.1 Å². The normalized spacial score (nSPS) is 11.2. The van der Waals surface area contributed by atoms with E-state index in [1.165, 1.54) is 30.5 Å². The van der Waals surface area contributed by atoms with E-state index in [0.717, 1.165) is 5.56 Å². The smallest absolute Gasteiger partial charge is 0.339 e. The molecule has 0 radical (unpaired) electrons. The van der Waals surface area contributed by atoms with Gasteiger partial charge < -0.3 is 13.9 Å². The standard InChI is InChI=1S/C20H19NO5S/c1-14-5-6-15(2)19(12-14)27(23,24)26-17-9-7-16(8-10-17)20(22)21-13-18-4-3-11-25-18/h3-12H,13H2,1-2H3,(H,21,22). The van der Waals surface area contributed by atoms with Crippen LogP contribution in [0, 0.1) is 13.8 Å². The Labute approximate surface area is 157 Å². The van der Waals surface area contributed by atoms with Crippen molar-refractivity contribution in [3.8, 4) is 5.75 Å². The highest BCUT2D eigenvalue weighted by molar-refractivity contribution is 7.87. The van der Waals surface area contributed by atoms with E-state index in [-0.39, 0.29) is 23.1 Å². The number of benzene rings is 2. The van der Waals surface area contributed by atoms with Crippen LogP contribution in [-0.2, 0) is 16.7 Å². The molecule has 3 aromatic rings. The second-order valence-corrected chi connectivity index (χ2v) is 7.61. The molecule has 1 aromatic heterocycles. The summed E-state index contributed by atoms with van der Waals surface area (Å²) < 4.78 is 35.4. The molecular formula is C20H19NO5S. The van der Waals surface area contributed by atoms with E-state index in [1.54, 1.807) is 31.2 Å². The molecule has 27 heavy (non-hydrogen) atoms. The highest BCUT2D eigenvalue weighted by Crippen LogP contribution is 2.22. The van der Waals surface area contributed by atoms with Crippen LogP contribution >= 0.6 is 0 Å². The predicted octanol–water partition coefficient (Wildman–Crippen LogP) is 3.59. The van der Waals surface area contributed by atoms with E-state index in [9.17, 15) is 13.2 Å². The Morgan fingerprint density at radius 2 is 1.81 bits per heavy atom. The highest BCUT2D eigenvalue weighted by atomic mass is 32.2. The molecule has 0 aliphatic carbocycles. The molecule has 1 N–H and O–H groups in total. The van der Waals surface area contributed by atoms with Crippen molar-refractivity contribution in [2.24, 2.45) is 0 Å². The monoisotopic (exact) mass is 385 g/mol. The van der Waals surface area contributed by atoms with Gasteiger partial charge in [-0.05, 0) is 67.4 Å². The molecule has 1 heterocycles. The lowest BCUT2D eigenvalue weighted by molar-refractivity contribution is 0.0948. The zero-order valence-electron chi connectivity index (χ0n) is 14.9. The van der Waals surface area contributed by atoms with Crippen LogP contribution in [0.1, 0.15) is 27.2 Å². The average Bonchev–Trinajstić information content (AvgIpc) is 3.15. The topological polar surface area (TPSA) is 85.6 Å². The molecule has 0 atom stereocenters. The molecule has 0 spiro atoms. The average molecular weight is 385 g/mol. The van der Waals surface area contributed by atoms with E-state index in [1.807, 2.05) is 13.0 Å². The first kappa shape index (κ1) is 18.7. The van der Waals surface area contributed by atoms with Crippen molar-refractivity contribution in [1.82, 2.24) is 5.32 Å². The molecule has 0 saturated carbocycles. The first-order valence-corrected chi connectivity index (χ1v) is 9.68. The van der Waals surface area contributed by atoms with Gasteiger partial charge in [0.15, 0.2) is 0 Å². The lowest BCUT2D eigenvalue weighted by Gasteiger charge is -2.10. The summed E-state index contributed by atoms with van der Waals surface area (Å²) in [5.41, 5.74) is 1.82. The van der Waals surface area contributed by atoms with Crippen LogP contribution in [0.25, 0.3) is 0 Å². The van der Waals surface area contributed by atoms with Gasteiger partial charge in [0, 0.05) is 5.56 Å². The van der Waals surface area contributed by atoms with Crippen molar-refractivity contribution >= 4 is 16.0 Å². The van der Waals surface area contributed by atoms with E-state index in [4.69, 9.17) is 8.60 Å². The fourth-order valence-electron chi connectivity index (χ4n) is 2.49. The summed E-state index contributed by atoms with van der Waals surface area (Å²) in [7, 11) is -3.95. The molecule has 0 unspecified atom stereocenters. The molecule has 0 bridgehead atoms. The number of aryl methyl sites for hydroxylation is 2. The fraction of sp³-hybridized carbons (Fsp3) is 0.150. The summed E-state index contributed by atoms with van der Waals surface area (Å²) in [6.07, 6.45) is 1.53. The molecule has 140 valence electrons. The molecule has 7 heteroatoms. The molecule has 1 amide bonds. The van der Waals surface area contributed by atoms with E-state index in [2.05, 4.69) is 5.32 Å². The second-order valence-electron chi connectivity index (χ2n) is 6.09. The summed E-state index contributed by atoms with van der Waals surface area (Å²) in [6, 6.07) is 14.6. The zero-order chi connectivity index (χ0) is 19.4. The van der Waals surface area contributed by atoms with Gasteiger partial charge in [0.2, 0.25) is 0 Å². The van der Waals surface area contributed by atoms with Crippen LogP contribution in [0.5, 0.6) is 5.75 Å². The Bertz CT molecular complexity index is 1040. The van der Waals surface area contributed by atoms with Crippen LogP contribution in [0.15, 0.2) is 70.2 Å². The van der Waals surface area contributed by atoms with Crippen molar-refractivity contribution < 1.29 is 21.8 Å². The lowest BCUT2D eigenvalue weighted by Crippen LogP contribution is -2.22. The minimum atomic E-state index is -3.95. The zero-order valence-corrected chi connectivity index (χ0v) is 15.7. The predicted molar refractivity (Wildman–Crippen MR) is 100 cm³/mol. The second kappa shape index (κ2) is 7.67. The minimum Gasteiger partial charge on any atom is -0.467 e. The minimum absolute atomic E-state index is 0.128. The summed E-state index contributed by atoms with van der Waals surface area (Å²) in [5.74, 6) is 0.483. The van der Waals surface area contributed by atoms with Gasteiger partial charge in [-0.25, -0.2) is 0 Å². The molecule has 2 aromatic carbocycles. The number of amides is 1. The maximum Gasteiger partial charge on any atom is 0.339 e. The molecule has 0 saturated heterocycles. The van der Waals surface area contributed by atoms with Gasteiger partial charge in [0.05, 0.1) is 12.8 Å². The van der Waals surface area contributed by atoms with Gasteiger partial charge in [-0.1, -0.05) is 12.1 Å². The number of hydrogen-bond donors (Lipinski definition) is 1. The third-order valence-corrected chi connectivity index (χ3v) is 5.33. The van der Waals surface area contributed by atoms with Crippen LogP contribution in [0.3, 0.4) is 0 Å². The largest absolute Gasteiger partial charge is 0.467 e. The van der Waals surface area contributed by atoms with Gasteiger partial charge in [-0.15, -0.1) is 0 Å². The maximum absolute atomic E-state index is 12.5. The number of nitrogens with one attached hydrogen (secondary N) is 1. The highest BCUT2D eigenvalue weighted by Gasteiger charge is 2.19. The van der Waals surface area contributed by atoms with Crippen molar-refractivity contribution in [3.63, 3.8) is 0 Å². The van der Waals surface area contributed by atoms with Crippen LogP contribution in [-0.4, -0.2) is 14.3 Å². The third kappa shape index (κ3) is 4.57. The first-order chi connectivity index (χ1) is 12.8. The van der Waals surface area contributed by atoms with Crippen molar-refractivity contribution in [2.45, 2.75) is 25.3 Å². The molecule has 0 fully saturated rings. The maximum atomic E-state index is 12.5. The van der Waals surface area contributed by atoms with Gasteiger partial charge in [0.25, 0.3) is 5.91 Å². The SMILES string of the molecule is Cc1ccc(C)c(S(=O)(=O)Oc2ccc(C(=O)NCc3ccco3)cc2)c1. The molecule has 3 rings (SSSR count). The Balaban J connectivity index is 1.69. The Morgan fingerprint density at radius 3 is 2.48 bits per heavy atom. The van der Waals surface area contributed by atoms with Gasteiger partial charge in [-0.3, -0.25) is 4.79 Å². The molecule has 6 nitrogen and oxygen atoms in total. The number of carbonyl (C=O) groups is 1.